The van der Waals surface area contributed by atoms with Crippen LogP contribution in [0.5, 0.6) is 5.75 Å². The summed E-state index contributed by atoms with van der Waals surface area (Å²) in [5.74, 6) is 1.07. The number of nitrogens with zero attached hydrogens (tertiary/aromatic N) is 1. The van der Waals surface area contributed by atoms with E-state index in [9.17, 15) is 15.0 Å². The van der Waals surface area contributed by atoms with Crippen molar-refractivity contribution in [3.63, 3.8) is 0 Å². The van der Waals surface area contributed by atoms with Crippen LogP contribution in [-0.4, -0.2) is 59.6 Å². The normalized spacial score (nSPS) is 18.6. The lowest BCUT2D eigenvalue weighted by Crippen LogP contribution is -2.42. The van der Waals surface area contributed by atoms with E-state index in [1.807, 2.05) is 13.8 Å². The highest BCUT2D eigenvalue weighted by Crippen LogP contribution is 2.39. The number of aliphatic hydroxyl groups excluding tert-OH is 1. The van der Waals surface area contributed by atoms with Crippen LogP contribution in [0.2, 0.25) is 0 Å². The lowest BCUT2D eigenvalue weighted by molar-refractivity contribution is -0.154. The topological polar surface area (TPSA) is 79.2 Å². The number of aliphatic hydroxyl groups is 2. The molecule has 1 aliphatic heterocycles. The maximum Gasteiger partial charge on any atom is 0.409 e. The zero-order valence-corrected chi connectivity index (χ0v) is 21.1. The maximum absolute atomic E-state index is 12.3. The molecule has 0 spiro atoms. The fourth-order valence-corrected chi connectivity index (χ4v) is 4.88. The predicted molar refractivity (Wildman–Crippen MR) is 131 cm³/mol. The van der Waals surface area contributed by atoms with Crippen LogP contribution in [0.25, 0.3) is 0 Å². The first-order valence-electron chi connectivity index (χ1n) is 11.2. The van der Waals surface area contributed by atoms with E-state index in [0.29, 0.717) is 18.8 Å². The quantitative estimate of drug-likeness (QED) is 0.455. The minimum atomic E-state index is -1.60. The van der Waals surface area contributed by atoms with Gasteiger partial charge in [-0.25, -0.2) is 4.79 Å². The van der Waals surface area contributed by atoms with Crippen molar-refractivity contribution in [3.8, 4) is 5.75 Å². The number of ether oxygens (including phenoxy) is 2. The number of likely N-dealkylation sites (tertiary alicyclic amines) is 1. The first-order chi connectivity index (χ1) is 15.6. The molecule has 1 aliphatic rings. The van der Waals surface area contributed by atoms with Crippen LogP contribution in [0.1, 0.15) is 42.0 Å². The molecule has 0 bridgehead atoms. The van der Waals surface area contributed by atoms with Gasteiger partial charge in [-0.2, -0.15) is 0 Å². The fraction of sp³-hybridized carbons (Fsp3) is 0.500. The second kappa shape index (κ2) is 10.4. The molecule has 3 rings (SSSR count). The average Bonchev–Trinajstić information content (AvgIpc) is 3.19. The Labute approximate surface area is 200 Å². The average molecular weight is 474 g/mol. The Kier molecular flexibility index (Phi) is 7.98. The third-order valence-electron chi connectivity index (χ3n) is 6.43. The number of aryl methyl sites for hydroxylation is 2. The third-order valence-corrected chi connectivity index (χ3v) is 7.17. The second-order valence-corrected chi connectivity index (χ2v) is 10.2. The van der Waals surface area contributed by atoms with Crippen molar-refractivity contribution in [2.24, 2.45) is 5.92 Å². The number of benzene rings is 2. The Morgan fingerprint density at radius 3 is 2.27 bits per heavy atom. The Hall–Kier alpha value is -2.22. The molecule has 180 valence electrons. The molecule has 2 atom stereocenters. The predicted octanol–water partition coefficient (Wildman–Crippen LogP) is 4.52. The first-order valence-corrected chi connectivity index (χ1v) is 12.4. The van der Waals surface area contributed by atoms with E-state index in [1.165, 1.54) is 17.6 Å². The molecule has 33 heavy (non-hydrogen) atoms. The molecule has 0 aliphatic carbocycles. The molecule has 0 saturated carbocycles. The van der Waals surface area contributed by atoms with Gasteiger partial charge in [0.2, 0.25) is 0 Å². The fourth-order valence-electron chi connectivity index (χ4n) is 4.47. The van der Waals surface area contributed by atoms with Gasteiger partial charge in [0.25, 0.3) is 0 Å². The summed E-state index contributed by atoms with van der Waals surface area (Å²) in [6.45, 7) is 8.47. The van der Waals surface area contributed by atoms with E-state index < -0.39 is 11.9 Å². The molecular weight excluding hydrogens is 438 g/mol. The zero-order chi connectivity index (χ0) is 24.3. The van der Waals surface area contributed by atoms with E-state index in [1.54, 1.807) is 30.5 Å². The molecule has 2 aromatic carbocycles. The minimum absolute atomic E-state index is 0.159. The van der Waals surface area contributed by atoms with E-state index >= 15 is 0 Å². The number of carbonyl (C=O) groups is 1. The number of amides is 1. The van der Waals surface area contributed by atoms with Crippen molar-refractivity contribution in [2.75, 3.05) is 26.5 Å². The van der Waals surface area contributed by atoms with E-state index in [2.05, 4.69) is 42.7 Å². The van der Waals surface area contributed by atoms with Gasteiger partial charge in [-0.05, 0) is 80.7 Å². The summed E-state index contributed by atoms with van der Waals surface area (Å²) in [7, 11) is 1.42. The third kappa shape index (κ3) is 5.83. The standard InChI is InChI=1S/C26H35NO5S/c1-16-11-19(12-17(2)23(16)32-26(3,4)24(28)29)22-15-27(25(30)31-5)14-20(22)13-18-7-9-21(33-6)10-8-18/h7-12,20,22,24,28-29H,13-15H2,1-6H3/t20-,22+/m0/s1. The molecule has 6 nitrogen and oxygen atoms in total. The summed E-state index contributed by atoms with van der Waals surface area (Å²) < 4.78 is 11.0. The van der Waals surface area contributed by atoms with Gasteiger partial charge in [0.05, 0.1) is 7.11 Å². The number of hydrogen-bond donors (Lipinski definition) is 2. The Bertz CT molecular complexity index is 950. The molecule has 1 amide bonds. The molecule has 1 heterocycles. The molecule has 2 aromatic rings. The van der Waals surface area contributed by atoms with Crippen LogP contribution in [0, 0.1) is 19.8 Å². The van der Waals surface area contributed by atoms with Crippen molar-refractivity contribution in [3.05, 3.63) is 58.7 Å². The summed E-state index contributed by atoms with van der Waals surface area (Å²) in [5.41, 5.74) is 3.13. The van der Waals surface area contributed by atoms with Crippen LogP contribution >= 0.6 is 11.8 Å². The van der Waals surface area contributed by atoms with Gasteiger partial charge in [0.1, 0.15) is 5.75 Å². The maximum atomic E-state index is 12.3. The van der Waals surface area contributed by atoms with E-state index in [4.69, 9.17) is 9.47 Å². The largest absolute Gasteiger partial charge is 0.482 e. The number of methoxy groups -OCH3 is 1. The zero-order valence-electron chi connectivity index (χ0n) is 20.3. The van der Waals surface area contributed by atoms with Gasteiger partial charge in [0.15, 0.2) is 11.9 Å². The van der Waals surface area contributed by atoms with E-state index in [-0.39, 0.29) is 17.9 Å². The summed E-state index contributed by atoms with van der Waals surface area (Å²) in [6.07, 6.45) is 1.04. The molecule has 0 radical (unpaired) electrons. The van der Waals surface area contributed by atoms with Crippen molar-refractivity contribution in [2.45, 2.75) is 56.8 Å². The number of rotatable bonds is 7. The smallest absolute Gasteiger partial charge is 0.409 e. The van der Waals surface area contributed by atoms with Crippen molar-refractivity contribution >= 4 is 17.9 Å². The Morgan fingerprint density at radius 2 is 1.76 bits per heavy atom. The van der Waals surface area contributed by atoms with Crippen LogP contribution in [0.4, 0.5) is 4.79 Å². The molecule has 2 N–H and O–H groups in total. The highest BCUT2D eigenvalue weighted by atomic mass is 32.2. The van der Waals surface area contributed by atoms with Gasteiger partial charge >= 0.3 is 6.09 Å². The number of thioether (sulfide) groups is 1. The highest BCUT2D eigenvalue weighted by Gasteiger charge is 2.37. The summed E-state index contributed by atoms with van der Waals surface area (Å²) in [6, 6.07) is 12.8. The van der Waals surface area contributed by atoms with Gasteiger partial charge in [0, 0.05) is 23.9 Å². The van der Waals surface area contributed by atoms with Crippen LogP contribution in [0.15, 0.2) is 41.3 Å². The second-order valence-electron chi connectivity index (χ2n) is 9.36. The Balaban J connectivity index is 1.90. The van der Waals surface area contributed by atoms with Crippen molar-refractivity contribution < 1.29 is 24.5 Å². The van der Waals surface area contributed by atoms with Crippen LogP contribution < -0.4 is 4.74 Å². The summed E-state index contributed by atoms with van der Waals surface area (Å²) in [4.78, 5) is 15.3. The SMILES string of the molecule is COC(=O)N1C[C@H](Cc2ccc(SC)cc2)[C@@H](c2cc(C)c(OC(C)(C)C(O)O)c(C)c2)C1. The molecular formula is C26H35NO5S. The molecule has 0 unspecified atom stereocenters. The van der Waals surface area contributed by atoms with E-state index in [0.717, 1.165) is 23.1 Å². The van der Waals surface area contributed by atoms with Gasteiger partial charge < -0.3 is 24.6 Å². The monoisotopic (exact) mass is 473 g/mol. The van der Waals surface area contributed by atoms with Crippen LogP contribution in [0.3, 0.4) is 0 Å². The van der Waals surface area contributed by atoms with Crippen molar-refractivity contribution in [1.29, 1.82) is 0 Å². The van der Waals surface area contributed by atoms with Gasteiger partial charge in [-0.15, -0.1) is 11.8 Å². The van der Waals surface area contributed by atoms with Crippen molar-refractivity contribution in [1.82, 2.24) is 4.90 Å². The van der Waals surface area contributed by atoms with Gasteiger partial charge in [-0.1, -0.05) is 24.3 Å². The first kappa shape index (κ1) is 25.4. The number of carbonyl (C=O) groups excluding carboxylic acids is 1. The summed E-state index contributed by atoms with van der Waals surface area (Å²) in [5, 5.41) is 19.3. The summed E-state index contributed by atoms with van der Waals surface area (Å²) >= 11 is 1.72. The minimum Gasteiger partial charge on any atom is -0.482 e. The number of hydrogen-bond acceptors (Lipinski definition) is 6. The lowest BCUT2D eigenvalue weighted by Gasteiger charge is -2.30. The molecule has 1 fully saturated rings. The molecule has 0 aromatic heterocycles. The Morgan fingerprint density at radius 1 is 1.15 bits per heavy atom. The molecule has 1 saturated heterocycles. The molecule has 7 heteroatoms. The lowest BCUT2D eigenvalue weighted by atomic mass is 9.83. The van der Waals surface area contributed by atoms with Gasteiger partial charge in [-0.3, -0.25) is 0 Å². The highest BCUT2D eigenvalue weighted by molar-refractivity contribution is 7.98. The van der Waals surface area contributed by atoms with Crippen LogP contribution in [-0.2, 0) is 11.2 Å².